The molecule has 1 N–H and O–H groups in total. The van der Waals surface area contributed by atoms with E-state index in [0.717, 1.165) is 17.8 Å². The van der Waals surface area contributed by atoms with Crippen LogP contribution in [0.4, 0.5) is 11.4 Å². The second-order valence-electron chi connectivity index (χ2n) is 4.60. The van der Waals surface area contributed by atoms with Gasteiger partial charge >= 0.3 is 0 Å². The lowest BCUT2D eigenvalue weighted by atomic mass is 10.1. The first kappa shape index (κ1) is 16.4. The van der Waals surface area contributed by atoms with Gasteiger partial charge in [-0.1, -0.05) is 0 Å². The Kier molecular flexibility index (Phi) is 6.97. The third-order valence-electron chi connectivity index (χ3n) is 2.60. The molecule has 0 atom stereocenters. The van der Waals surface area contributed by atoms with Crippen molar-refractivity contribution in [1.29, 1.82) is 0 Å². The van der Waals surface area contributed by atoms with Gasteiger partial charge in [0.2, 0.25) is 0 Å². The van der Waals surface area contributed by atoms with E-state index in [4.69, 9.17) is 9.47 Å². The van der Waals surface area contributed by atoms with Gasteiger partial charge in [0.05, 0.1) is 30.8 Å². The molecule has 112 valence electrons. The SMILES string of the molecule is CCNc1ccc([N+](=O)[O-])cc1COCCOC(C)C. The first-order valence-corrected chi connectivity index (χ1v) is 6.75. The summed E-state index contributed by atoms with van der Waals surface area (Å²) in [5.41, 5.74) is 1.72. The van der Waals surface area contributed by atoms with Gasteiger partial charge in [0, 0.05) is 29.9 Å². The summed E-state index contributed by atoms with van der Waals surface area (Å²) in [5, 5.41) is 14.0. The second kappa shape index (κ2) is 8.50. The Hall–Kier alpha value is -1.66. The maximum atomic E-state index is 10.8. The minimum absolute atomic E-state index is 0.0729. The summed E-state index contributed by atoms with van der Waals surface area (Å²) >= 11 is 0. The van der Waals surface area contributed by atoms with E-state index in [1.807, 2.05) is 20.8 Å². The van der Waals surface area contributed by atoms with Gasteiger partial charge in [-0.25, -0.2) is 0 Å². The Labute approximate surface area is 119 Å². The van der Waals surface area contributed by atoms with Crippen LogP contribution in [0, 0.1) is 10.1 Å². The molecule has 6 heteroatoms. The van der Waals surface area contributed by atoms with Gasteiger partial charge in [0.15, 0.2) is 0 Å². The van der Waals surface area contributed by atoms with Gasteiger partial charge < -0.3 is 14.8 Å². The predicted molar refractivity (Wildman–Crippen MR) is 78.0 cm³/mol. The number of nitrogens with zero attached hydrogens (tertiary/aromatic N) is 1. The predicted octanol–water partition coefficient (Wildman–Crippen LogP) is 2.97. The summed E-state index contributed by atoms with van der Waals surface area (Å²) in [6.45, 7) is 7.96. The molecule has 1 rings (SSSR count). The average molecular weight is 282 g/mol. The molecule has 0 radical (unpaired) electrons. The van der Waals surface area contributed by atoms with E-state index in [-0.39, 0.29) is 11.8 Å². The molecule has 6 nitrogen and oxygen atoms in total. The largest absolute Gasteiger partial charge is 0.385 e. The fourth-order valence-electron chi connectivity index (χ4n) is 1.70. The summed E-state index contributed by atoms with van der Waals surface area (Å²) in [6.07, 6.45) is 0.175. The Bertz CT molecular complexity index is 435. The minimum Gasteiger partial charge on any atom is -0.385 e. The molecule has 0 heterocycles. The Morgan fingerprint density at radius 2 is 2.10 bits per heavy atom. The zero-order chi connectivity index (χ0) is 15.0. The van der Waals surface area contributed by atoms with Crippen molar-refractivity contribution in [1.82, 2.24) is 0 Å². The maximum absolute atomic E-state index is 10.8. The molecule has 0 saturated carbocycles. The van der Waals surface area contributed by atoms with Crippen molar-refractivity contribution in [3.8, 4) is 0 Å². The lowest BCUT2D eigenvalue weighted by molar-refractivity contribution is -0.384. The lowest BCUT2D eigenvalue weighted by Gasteiger charge is -2.12. The molecule has 0 saturated heterocycles. The fraction of sp³-hybridized carbons (Fsp3) is 0.571. The van der Waals surface area contributed by atoms with E-state index >= 15 is 0 Å². The van der Waals surface area contributed by atoms with Crippen molar-refractivity contribution in [3.05, 3.63) is 33.9 Å². The highest BCUT2D eigenvalue weighted by molar-refractivity contribution is 5.55. The molecule has 0 aliphatic carbocycles. The van der Waals surface area contributed by atoms with Gasteiger partial charge in [-0.05, 0) is 26.8 Å². The number of benzene rings is 1. The Morgan fingerprint density at radius 3 is 2.70 bits per heavy atom. The van der Waals surface area contributed by atoms with Crippen molar-refractivity contribution in [2.45, 2.75) is 33.5 Å². The van der Waals surface area contributed by atoms with Gasteiger partial charge in [-0.3, -0.25) is 10.1 Å². The number of ether oxygens (including phenoxy) is 2. The number of anilines is 1. The van der Waals surface area contributed by atoms with E-state index in [9.17, 15) is 10.1 Å². The maximum Gasteiger partial charge on any atom is 0.269 e. The molecule has 1 aromatic carbocycles. The molecular formula is C14H22N2O4. The van der Waals surface area contributed by atoms with E-state index in [1.165, 1.54) is 6.07 Å². The monoisotopic (exact) mass is 282 g/mol. The second-order valence-corrected chi connectivity index (χ2v) is 4.60. The van der Waals surface area contributed by atoms with Crippen LogP contribution >= 0.6 is 0 Å². The minimum atomic E-state index is -0.402. The smallest absolute Gasteiger partial charge is 0.269 e. The molecule has 0 aromatic heterocycles. The highest BCUT2D eigenvalue weighted by atomic mass is 16.6. The van der Waals surface area contributed by atoms with Crippen LogP contribution in [-0.4, -0.2) is 30.8 Å². The van der Waals surface area contributed by atoms with E-state index < -0.39 is 4.92 Å². The molecule has 0 bridgehead atoms. The van der Waals surface area contributed by atoms with Crippen molar-refractivity contribution in [2.75, 3.05) is 25.1 Å². The quantitative estimate of drug-likeness (QED) is 0.428. The zero-order valence-corrected chi connectivity index (χ0v) is 12.2. The van der Waals surface area contributed by atoms with Crippen LogP contribution in [0.3, 0.4) is 0 Å². The molecule has 0 spiro atoms. The summed E-state index contributed by atoms with van der Waals surface area (Å²) in [7, 11) is 0. The summed E-state index contributed by atoms with van der Waals surface area (Å²) in [4.78, 5) is 10.4. The third kappa shape index (κ3) is 5.54. The first-order chi connectivity index (χ1) is 9.54. The molecule has 1 aromatic rings. The van der Waals surface area contributed by atoms with Gasteiger partial charge in [0.25, 0.3) is 5.69 Å². The highest BCUT2D eigenvalue weighted by Crippen LogP contribution is 2.22. The Balaban J connectivity index is 2.60. The van der Waals surface area contributed by atoms with Crippen LogP contribution in [0.1, 0.15) is 26.3 Å². The first-order valence-electron chi connectivity index (χ1n) is 6.75. The number of nitro groups is 1. The normalized spacial score (nSPS) is 10.8. The number of rotatable bonds is 9. The summed E-state index contributed by atoms with van der Waals surface area (Å²) < 4.78 is 10.9. The van der Waals surface area contributed by atoms with Crippen LogP contribution < -0.4 is 5.32 Å². The molecule has 0 unspecified atom stereocenters. The summed E-state index contributed by atoms with van der Waals surface area (Å²) in [5.74, 6) is 0. The van der Waals surface area contributed by atoms with Crippen LogP contribution in [0.5, 0.6) is 0 Å². The molecular weight excluding hydrogens is 260 g/mol. The summed E-state index contributed by atoms with van der Waals surface area (Å²) in [6, 6.07) is 4.75. The van der Waals surface area contributed by atoms with Crippen LogP contribution in [-0.2, 0) is 16.1 Å². The fourth-order valence-corrected chi connectivity index (χ4v) is 1.70. The third-order valence-corrected chi connectivity index (χ3v) is 2.60. The standard InChI is InChI=1S/C14H22N2O4/c1-4-15-14-6-5-13(16(17)18)9-12(14)10-19-7-8-20-11(2)3/h5-6,9,11,15H,4,7-8,10H2,1-3H3. The topological polar surface area (TPSA) is 73.6 Å². The molecule has 0 aliphatic heterocycles. The highest BCUT2D eigenvalue weighted by Gasteiger charge is 2.10. The average Bonchev–Trinajstić information content (AvgIpc) is 2.39. The number of hydrogen-bond acceptors (Lipinski definition) is 5. The van der Waals surface area contributed by atoms with Crippen molar-refractivity contribution >= 4 is 11.4 Å². The van der Waals surface area contributed by atoms with Gasteiger partial charge in [-0.15, -0.1) is 0 Å². The van der Waals surface area contributed by atoms with Crippen molar-refractivity contribution in [3.63, 3.8) is 0 Å². The van der Waals surface area contributed by atoms with Crippen LogP contribution in [0.15, 0.2) is 18.2 Å². The van der Waals surface area contributed by atoms with Crippen LogP contribution in [0.25, 0.3) is 0 Å². The number of non-ortho nitro benzene ring substituents is 1. The number of hydrogen-bond donors (Lipinski definition) is 1. The number of nitro benzene ring substituents is 1. The molecule has 0 amide bonds. The van der Waals surface area contributed by atoms with Gasteiger partial charge in [0.1, 0.15) is 0 Å². The van der Waals surface area contributed by atoms with E-state index in [0.29, 0.717) is 19.8 Å². The zero-order valence-electron chi connectivity index (χ0n) is 12.2. The molecule has 0 aliphatic rings. The molecule has 20 heavy (non-hydrogen) atoms. The Morgan fingerprint density at radius 1 is 1.35 bits per heavy atom. The van der Waals surface area contributed by atoms with E-state index in [2.05, 4.69) is 5.32 Å². The lowest BCUT2D eigenvalue weighted by Crippen LogP contribution is -2.10. The van der Waals surface area contributed by atoms with Gasteiger partial charge in [-0.2, -0.15) is 0 Å². The molecule has 0 fully saturated rings. The number of nitrogens with one attached hydrogen (secondary N) is 1. The van der Waals surface area contributed by atoms with Crippen LogP contribution in [0.2, 0.25) is 0 Å². The van der Waals surface area contributed by atoms with Crippen molar-refractivity contribution < 1.29 is 14.4 Å². The van der Waals surface area contributed by atoms with E-state index in [1.54, 1.807) is 12.1 Å². The van der Waals surface area contributed by atoms with Crippen molar-refractivity contribution in [2.24, 2.45) is 0 Å².